The maximum atomic E-state index is 11.6. The number of halogens is 1. The summed E-state index contributed by atoms with van der Waals surface area (Å²) in [7, 11) is 1.58. The van der Waals surface area contributed by atoms with Crippen LogP contribution in [0.5, 0.6) is 0 Å². The molecule has 0 aliphatic rings. The summed E-state index contributed by atoms with van der Waals surface area (Å²) in [6.45, 7) is 9.29. The number of rotatable bonds is 6. The molecule has 7 heteroatoms. The van der Waals surface area contributed by atoms with Crippen molar-refractivity contribution in [2.75, 3.05) is 5.75 Å². The Morgan fingerprint density at radius 2 is 1.79 bits per heavy atom. The predicted molar refractivity (Wildman–Crippen MR) is 76.9 cm³/mol. The molecule has 0 aromatic carbocycles. The molecular weight excluding hydrogens is 290 g/mol. The van der Waals surface area contributed by atoms with E-state index in [2.05, 4.69) is 5.32 Å². The summed E-state index contributed by atoms with van der Waals surface area (Å²) in [6.07, 6.45) is 0.719. The molecule has 0 radical (unpaired) electrons. The molecule has 0 spiro atoms. The number of ether oxygens (including phenoxy) is 1. The minimum Gasteiger partial charge on any atom is -0.444 e. The van der Waals surface area contributed by atoms with E-state index in [4.69, 9.17) is 15.4 Å². The van der Waals surface area contributed by atoms with Gasteiger partial charge in [0.1, 0.15) is 5.60 Å². The second kappa shape index (κ2) is 7.33. The third-order valence-corrected chi connectivity index (χ3v) is 3.39. The summed E-state index contributed by atoms with van der Waals surface area (Å²) < 4.78 is 27.4. The highest BCUT2D eigenvalue weighted by atomic mass is 35.7. The number of carbonyl (C=O) groups excluding carboxylic acids is 1. The van der Waals surface area contributed by atoms with Gasteiger partial charge in [0.05, 0.1) is 5.75 Å². The highest BCUT2D eigenvalue weighted by molar-refractivity contribution is 8.13. The van der Waals surface area contributed by atoms with Gasteiger partial charge in [-0.15, -0.1) is 0 Å². The second-order valence-electron chi connectivity index (χ2n) is 6.02. The highest BCUT2D eigenvalue weighted by Gasteiger charge is 2.23. The molecule has 19 heavy (non-hydrogen) atoms. The lowest BCUT2D eigenvalue weighted by Gasteiger charge is -2.23. The highest BCUT2D eigenvalue weighted by Crippen LogP contribution is 2.12. The van der Waals surface area contributed by atoms with Gasteiger partial charge in [0, 0.05) is 16.7 Å². The average molecular weight is 314 g/mol. The smallest absolute Gasteiger partial charge is 0.407 e. The first kappa shape index (κ1) is 18.5. The zero-order chi connectivity index (χ0) is 15.3. The number of carbonyl (C=O) groups is 1. The fraction of sp³-hybridized carbons (Fsp3) is 0.917. The van der Waals surface area contributed by atoms with E-state index in [0.717, 1.165) is 6.42 Å². The molecule has 0 aromatic heterocycles. The Bertz CT molecular complexity index is 387. The third-order valence-electron chi connectivity index (χ3n) is 2.21. The van der Waals surface area contributed by atoms with Crippen LogP contribution in [0, 0.1) is 5.92 Å². The number of hydrogen-bond donors (Lipinski definition) is 1. The second-order valence-corrected chi connectivity index (χ2v) is 8.84. The summed E-state index contributed by atoms with van der Waals surface area (Å²) in [6, 6.07) is -0.528. The van der Waals surface area contributed by atoms with Crippen molar-refractivity contribution in [3.63, 3.8) is 0 Å². The quantitative estimate of drug-likeness (QED) is 0.765. The maximum Gasteiger partial charge on any atom is 0.407 e. The first-order valence-corrected chi connectivity index (χ1v) is 8.79. The van der Waals surface area contributed by atoms with Crippen molar-refractivity contribution in [2.24, 2.45) is 5.92 Å². The van der Waals surface area contributed by atoms with E-state index in [1.807, 2.05) is 13.8 Å². The number of alkyl carbamates (subject to hydrolysis) is 1. The predicted octanol–water partition coefficient (Wildman–Crippen LogP) is 2.88. The zero-order valence-corrected chi connectivity index (χ0v) is 13.8. The lowest BCUT2D eigenvalue weighted by atomic mass is 10.0. The van der Waals surface area contributed by atoms with Crippen molar-refractivity contribution >= 4 is 25.8 Å². The molecule has 1 amide bonds. The Kier molecular flexibility index (Phi) is 7.15. The van der Waals surface area contributed by atoms with E-state index in [1.54, 1.807) is 20.8 Å². The van der Waals surface area contributed by atoms with Crippen molar-refractivity contribution in [3.05, 3.63) is 0 Å². The van der Waals surface area contributed by atoms with Gasteiger partial charge in [-0.3, -0.25) is 0 Å². The van der Waals surface area contributed by atoms with Gasteiger partial charge in [-0.2, -0.15) is 0 Å². The summed E-state index contributed by atoms with van der Waals surface area (Å²) in [5, 5.41) is 2.56. The summed E-state index contributed by atoms with van der Waals surface area (Å²) >= 11 is 0. The number of nitrogens with one attached hydrogen (secondary N) is 1. The minimum absolute atomic E-state index is 0.291. The van der Waals surface area contributed by atoms with Gasteiger partial charge in [-0.05, 0) is 39.5 Å². The molecule has 0 fully saturated rings. The molecule has 0 aromatic rings. The van der Waals surface area contributed by atoms with Crippen LogP contribution < -0.4 is 5.32 Å². The third kappa shape index (κ3) is 12.3. The molecule has 0 bridgehead atoms. The van der Waals surface area contributed by atoms with Crippen LogP contribution in [0.25, 0.3) is 0 Å². The lowest BCUT2D eigenvalue weighted by molar-refractivity contribution is 0.0506. The van der Waals surface area contributed by atoms with E-state index >= 15 is 0 Å². The fourth-order valence-electron chi connectivity index (χ4n) is 1.45. The Balaban J connectivity index is 4.53. The van der Waals surface area contributed by atoms with Crippen LogP contribution in [0.1, 0.15) is 47.5 Å². The van der Waals surface area contributed by atoms with Crippen molar-refractivity contribution in [2.45, 2.75) is 59.1 Å². The standard InChI is InChI=1S/C12H24ClNO4S/c1-9(2)6-7-10(8-19(13,16)17)14-11(15)18-12(3,4)5/h9-10H,6-8H2,1-5H3,(H,14,15). The van der Waals surface area contributed by atoms with E-state index in [0.29, 0.717) is 12.3 Å². The molecule has 0 saturated heterocycles. The summed E-state index contributed by atoms with van der Waals surface area (Å²) in [4.78, 5) is 11.6. The molecule has 114 valence electrons. The number of amides is 1. The van der Waals surface area contributed by atoms with Crippen LogP contribution >= 0.6 is 10.7 Å². The van der Waals surface area contributed by atoms with Crippen molar-refractivity contribution in [3.8, 4) is 0 Å². The van der Waals surface area contributed by atoms with E-state index in [1.165, 1.54) is 0 Å². The molecule has 0 saturated carbocycles. The molecule has 1 unspecified atom stereocenters. The normalized spacial score (nSPS) is 14.3. The Hall–Kier alpha value is -0.490. The molecule has 0 heterocycles. The number of hydrogen-bond acceptors (Lipinski definition) is 4. The molecule has 1 N–H and O–H groups in total. The van der Waals surface area contributed by atoms with Gasteiger partial charge >= 0.3 is 6.09 Å². The molecule has 0 rings (SSSR count). The molecule has 0 aliphatic carbocycles. The van der Waals surface area contributed by atoms with Gasteiger partial charge in [-0.25, -0.2) is 13.2 Å². The van der Waals surface area contributed by atoms with Gasteiger partial charge in [0.15, 0.2) is 0 Å². The van der Waals surface area contributed by atoms with Gasteiger partial charge in [0.2, 0.25) is 9.05 Å². The Morgan fingerprint density at radius 1 is 1.26 bits per heavy atom. The molecule has 5 nitrogen and oxygen atoms in total. The average Bonchev–Trinajstić information content (AvgIpc) is 2.08. The Morgan fingerprint density at radius 3 is 2.16 bits per heavy atom. The van der Waals surface area contributed by atoms with Crippen molar-refractivity contribution < 1.29 is 17.9 Å². The van der Waals surface area contributed by atoms with E-state index in [9.17, 15) is 13.2 Å². The SMILES string of the molecule is CC(C)CCC(CS(=O)(=O)Cl)NC(=O)OC(C)(C)C. The van der Waals surface area contributed by atoms with Crippen LogP contribution in [-0.4, -0.2) is 31.9 Å². The first-order valence-electron chi connectivity index (χ1n) is 6.31. The van der Waals surface area contributed by atoms with E-state index < -0.39 is 26.8 Å². The topological polar surface area (TPSA) is 72.5 Å². The van der Waals surface area contributed by atoms with Gasteiger partial charge in [0.25, 0.3) is 0 Å². The summed E-state index contributed by atoms with van der Waals surface area (Å²) in [5.41, 5.74) is -0.619. The van der Waals surface area contributed by atoms with Crippen LogP contribution in [0.2, 0.25) is 0 Å². The lowest BCUT2D eigenvalue weighted by Crippen LogP contribution is -2.42. The van der Waals surface area contributed by atoms with Crippen LogP contribution in [0.4, 0.5) is 4.79 Å². The van der Waals surface area contributed by atoms with Crippen LogP contribution in [0.15, 0.2) is 0 Å². The van der Waals surface area contributed by atoms with Gasteiger partial charge < -0.3 is 10.1 Å². The largest absolute Gasteiger partial charge is 0.444 e. The van der Waals surface area contributed by atoms with Crippen molar-refractivity contribution in [1.82, 2.24) is 5.32 Å². The minimum atomic E-state index is -3.66. The fourth-order valence-corrected chi connectivity index (χ4v) is 2.63. The molecule has 0 aliphatic heterocycles. The van der Waals surface area contributed by atoms with Crippen LogP contribution in [0.3, 0.4) is 0 Å². The Labute approximate surface area is 120 Å². The maximum absolute atomic E-state index is 11.6. The monoisotopic (exact) mass is 313 g/mol. The summed E-state index contributed by atoms with van der Waals surface area (Å²) in [5.74, 6) is 0.126. The molecular formula is C12H24ClNO4S. The van der Waals surface area contributed by atoms with Crippen molar-refractivity contribution in [1.29, 1.82) is 0 Å². The zero-order valence-electron chi connectivity index (χ0n) is 12.2. The van der Waals surface area contributed by atoms with Crippen LogP contribution in [-0.2, 0) is 13.8 Å². The first-order chi connectivity index (χ1) is 8.39. The van der Waals surface area contributed by atoms with Gasteiger partial charge in [-0.1, -0.05) is 13.8 Å². The van der Waals surface area contributed by atoms with E-state index in [-0.39, 0.29) is 5.75 Å². The molecule has 1 atom stereocenters.